The zero-order chi connectivity index (χ0) is 15.0. The number of carboxylic acid groups (broad SMARTS) is 2. The van der Waals surface area contributed by atoms with Gasteiger partial charge in [-0.05, 0) is 44.7 Å². The van der Waals surface area contributed by atoms with Gasteiger partial charge in [0, 0.05) is 12.8 Å². The third kappa shape index (κ3) is 6.51. The third-order valence-electron chi connectivity index (χ3n) is 3.52. The summed E-state index contributed by atoms with van der Waals surface area (Å²) in [4.78, 5) is 33.1. The predicted octanol–water partition coefficient (Wildman–Crippen LogP) is 0.200. The van der Waals surface area contributed by atoms with Crippen molar-refractivity contribution >= 4 is 17.8 Å². The van der Waals surface area contributed by atoms with Gasteiger partial charge in [0.15, 0.2) is 0 Å². The van der Waals surface area contributed by atoms with E-state index in [1.807, 2.05) is 0 Å². The van der Waals surface area contributed by atoms with Crippen LogP contribution < -0.4 is 10.6 Å². The van der Waals surface area contributed by atoms with Crippen LogP contribution in [0.1, 0.15) is 38.5 Å². The molecule has 1 fully saturated rings. The Hall–Kier alpha value is -1.63. The van der Waals surface area contributed by atoms with Crippen molar-refractivity contribution in [3.05, 3.63) is 0 Å². The first kappa shape index (κ1) is 16.4. The molecule has 1 rings (SSSR count). The highest BCUT2D eigenvalue weighted by atomic mass is 16.4. The average Bonchev–Trinajstić information content (AvgIpc) is 2.41. The van der Waals surface area contributed by atoms with Crippen LogP contribution in [0.4, 0.5) is 0 Å². The monoisotopic (exact) mass is 286 g/mol. The van der Waals surface area contributed by atoms with Crippen LogP contribution in [-0.2, 0) is 14.4 Å². The van der Waals surface area contributed by atoms with Gasteiger partial charge < -0.3 is 20.8 Å². The summed E-state index contributed by atoms with van der Waals surface area (Å²) < 4.78 is 0. The van der Waals surface area contributed by atoms with Crippen LogP contribution in [0.3, 0.4) is 0 Å². The average molecular weight is 286 g/mol. The van der Waals surface area contributed by atoms with Gasteiger partial charge in [0.1, 0.15) is 6.04 Å². The Morgan fingerprint density at radius 3 is 2.35 bits per heavy atom. The van der Waals surface area contributed by atoms with E-state index in [0.717, 1.165) is 32.4 Å². The van der Waals surface area contributed by atoms with Crippen molar-refractivity contribution in [1.29, 1.82) is 0 Å². The Bertz CT molecular complexity index is 353. The van der Waals surface area contributed by atoms with Crippen molar-refractivity contribution in [2.75, 3.05) is 13.1 Å². The van der Waals surface area contributed by atoms with Crippen molar-refractivity contribution in [2.24, 2.45) is 5.92 Å². The first-order valence-corrected chi connectivity index (χ1v) is 6.93. The van der Waals surface area contributed by atoms with E-state index in [-0.39, 0.29) is 18.7 Å². The van der Waals surface area contributed by atoms with E-state index >= 15 is 0 Å². The molecule has 1 unspecified atom stereocenters. The lowest BCUT2D eigenvalue weighted by Crippen LogP contribution is -2.41. The highest BCUT2D eigenvalue weighted by Crippen LogP contribution is 2.17. The fraction of sp³-hybridized carbons (Fsp3) is 0.769. The highest BCUT2D eigenvalue weighted by molar-refractivity contribution is 5.83. The molecule has 20 heavy (non-hydrogen) atoms. The SMILES string of the molecule is O=C(O)CCC(NC(=O)CCC1CCNCC1)C(=O)O. The van der Waals surface area contributed by atoms with E-state index in [1.165, 1.54) is 0 Å². The predicted molar refractivity (Wildman–Crippen MR) is 71.3 cm³/mol. The number of hydrogen-bond acceptors (Lipinski definition) is 4. The number of hydrogen-bond donors (Lipinski definition) is 4. The molecule has 1 heterocycles. The smallest absolute Gasteiger partial charge is 0.326 e. The highest BCUT2D eigenvalue weighted by Gasteiger charge is 2.21. The summed E-state index contributed by atoms with van der Waals surface area (Å²) in [6, 6.07) is -1.12. The Labute approximate surface area is 117 Å². The molecule has 1 amide bonds. The van der Waals surface area contributed by atoms with E-state index in [1.54, 1.807) is 0 Å². The normalized spacial score (nSPS) is 17.4. The number of piperidine rings is 1. The second-order valence-electron chi connectivity index (χ2n) is 5.12. The fourth-order valence-corrected chi connectivity index (χ4v) is 2.30. The molecule has 1 atom stereocenters. The Morgan fingerprint density at radius 1 is 1.15 bits per heavy atom. The van der Waals surface area contributed by atoms with Gasteiger partial charge in [0.05, 0.1) is 0 Å². The van der Waals surface area contributed by atoms with Crippen LogP contribution in [0, 0.1) is 5.92 Å². The molecule has 4 N–H and O–H groups in total. The molecule has 0 radical (unpaired) electrons. The lowest BCUT2D eigenvalue weighted by Gasteiger charge is -2.22. The van der Waals surface area contributed by atoms with Gasteiger partial charge in [0.2, 0.25) is 5.91 Å². The zero-order valence-electron chi connectivity index (χ0n) is 11.4. The minimum Gasteiger partial charge on any atom is -0.481 e. The number of carboxylic acids is 2. The quantitative estimate of drug-likeness (QED) is 0.506. The largest absolute Gasteiger partial charge is 0.481 e. The zero-order valence-corrected chi connectivity index (χ0v) is 11.4. The number of rotatable bonds is 8. The maximum Gasteiger partial charge on any atom is 0.326 e. The summed E-state index contributed by atoms with van der Waals surface area (Å²) in [7, 11) is 0. The summed E-state index contributed by atoms with van der Waals surface area (Å²) >= 11 is 0. The van der Waals surface area contributed by atoms with Crippen LogP contribution in [0.15, 0.2) is 0 Å². The van der Waals surface area contributed by atoms with E-state index in [9.17, 15) is 14.4 Å². The minimum absolute atomic E-state index is 0.0935. The Kier molecular flexibility index (Phi) is 7.00. The van der Waals surface area contributed by atoms with Gasteiger partial charge >= 0.3 is 11.9 Å². The first-order valence-electron chi connectivity index (χ1n) is 6.93. The van der Waals surface area contributed by atoms with Crippen LogP contribution >= 0.6 is 0 Å². The van der Waals surface area contributed by atoms with Crippen molar-refractivity contribution in [3.63, 3.8) is 0 Å². The van der Waals surface area contributed by atoms with Gasteiger partial charge in [-0.15, -0.1) is 0 Å². The first-order chi connectivity index (χ1) is 9.49. The molecule has 114 valence electrons. The van der Waals surface area contributed by atoms with Gasteiger partial charge in [-0.2, -0.15) is 0 Å². The lowest BCUT2D eigenvalue weighted by molar-refractivity contribution is -0.143. The molecule has 0 aromatic heterocycles. The van der Waals surface area contributed by atoms with E-state index in [2.05, 4.69) is 10.6 Å². The molecule has 0 aromatic rings. The summed E-state index contributed by atoms with van der Waals surface area (Å²) in [5, 5.41) is 23.1. The van der Waals surface area contributed by atoms with Gasteiger partial charge in [-0.1, -0.05) is 0 Å². The molecule has 7 heteroatoms. The fourth-order valence-electron chi connectivity index (χ4n) is 2.30. The van der Waals surface area contributed by atoms with E-state index < -0.39 is 18.0 Å². The molecule has 1 aliphatic heterocycles. The van der Waals surface area contributed by atoms with Gasteiger partial charge in [0.25, 0.3) is 0 Å². The van der Waals surface area contributed by atoms with Crippen LogP contribution in [0.25, 0.3) is 0 Å². The second kappa shape index (κ2) is 8.52. The number of nitrogens with one attached hydrogen (secondary N) is 2. The lowest BCUT2D eigenvalue weighted by atomic mass is 9.93. The minimum atomic E-state index is -1.19. The van der Waals surface area contributed by atoms with Gasteiger partial charge in [-0.25, -0.2) is 4.79 Å². The molecular formula is C13H22N2O5. The summed E-state index contributed by atoms with van der Waals surface area (Å²) in [6.45, 7) is 1.92. The van der Waals surface area contributed by atoms with Crippen molar-refractivity contribution in [2.45, 2.75) is 44.6 Å². The molecule has 7 nitrogen and oxygen atoms in total. The number of amides is 1. The molecule has 0 aromatic carbocycles. The summed E-state index contributed by atoms with van der Waals surface area (Å²) in [5.41, 5.74) is 0. The third-order valence-corrected chi connectivity index (χ3v) is 3.52. The molecule has 0 saturated carbocycles. The van der Waals surface area contributed by atoms with E-state index in [4.69, 9.17) is 10.2 Å². The molecule has 1 saturated heterocycles. The standard InChI is InChI=1S/C13H22N2O5/c16-11(3-1-9-5-7-14-8-6-9)15-10(13(19)20)2-4-12(17)18/h9-10,14H,1-8H2,(H,15,16)(H,17,18)(H,19,20). The van der Waals surface area contributed by atoms with Crippen molar-refractivity contribution in [3.8, 4) is 0 Å². The maximum absolute atomic E-state index is 11.7. The van der Waals surface area contributed by atoms with Crippen molar-refractivity contribution in [1.82, 2.24) is 10.6 Å². The second-order valence-corrected chi connectivity index (χ2v) is 5.12. The number of carbonyl (C=O) groups excluding carboxylic acids is 1. The summed E-state index contributed by atoms with van der Waals surface area (Å²) in [5.74, 6) is -2.08. The van der Waals surface area contributed by atoms with Crippen LogP contribution in [0.2, 0.25) is 0 Å². The maximum atomic E-state index is 11.7. The molecule has 0 aliphatic carbocycles. The number of aliphatic carboxylic acids is 2. The van der Waals surface area contributed by atoms with Crippen LogP contribution in [-0.4, -0.2) is 47.2 Å². The van der Waals surface area contributed by atoms with Gasteiger partial charge in [-0.3, -0.25) is 9.59 Å². The topological polar surface area (TPSA) is 116 Å². The molecule has 0 spiro atoms. The molecular weight excluding hydrogens is 264 g/mol. The molecule has 0 bridgehead atoms. The summed E-state index contributed by atoms with van der Waals surface area (Å²) in [6.07, 6.45) is 2.75. The Balaban J connectivity index is 2.29. The number of carbonyl (C=O) groups is 3. The van der Waals surface area contributed by atoms with Crippen LogP contribution in [0.5, 0.6) is 0 Å². The van der Waals surface area contributed by atoms with E-state index in [0.29, 0.717) is 12.3 Å². The Morgan fingerprint density at radius 2 is 1.80 bits per heavy atom. The van der Waals surface area contributed by atoms with Crippen molar-refractivity contribution < 1.29 is 24.6 Å². The molecule has 1 aliphatic rings.